The third-order valence-electron chi connectivity index (χ3n) is 3.52. The smallest absolute Gasteiger partial charge is 0.151 e. The molecule has 0 aliphatic carbocycles. The van der Waals surface area contributed by atoms with Gasteiger partial charge in [0.05, 0.1) is 16.8 Å². The molecule has 1 saturated heterocycles. The van der Waals surface area contributed by atoms with Gasteiger partial charge in [-0.1, -0.05) is 19.1 Å². The molecular formula is C11H23N3O2S2. The fourth-order valence-electron chi connectivity index (χ4n) is 1.97. The van der Waals surface area contributed by atoms with Crippen LogP contribution in [-0.4, -0.2) is 73.5 Å². The van der Waals surface area contributed by atoms with Gasteiger partial charge in [-0.2, -0.15) is 0 Å². The molecule has 18 heavy (non-hydrogen) atoms. The maximum atomic E-state index is 11.4. The SMILES string of the molecule is CCS(=O)(=O)CCN1CCN(C(C)C(N)=S)CC1. The summed E-state index contributed by atoms with van der Waals surface area (Å²) in [4.78, 5) is 4.96. The number of hydrogen-bond acceptors (Lipinski definition) is 5. The molecule has 1 heterocycles. The van der Waals surface area contributed by atoms with E-state index in [2.05, 4.69) is 9.80 Å². The van der Waals surface area contributed by atoms with Crippen molar-refractivity contribution < 1.29 is 8.42 Å². The highest BCUT2D eigenvalue weighted by molar-refractivity contribution is 7.91. The van der Waals surface area contributed by atoms with Crippen molar-refractivity contribution in [1.29, 1.82) is 0 Å². The Morgan fingerprint density at radius 2 is 1.89 bits per heavy atom. The molecule has 0 spiro atoms. The highest BCUT2D eigenvalue weighted by atomic mass is 32.2. The molecule has 2 N–H and O–H groups in total. The Bertz CT molecular complexity index is 376. The van der Waals surface area contributed by atoms with Gasteiger partial charge in [0, 0.05) is 38.5 Å². The first-order valence-corrected chi connectivity index (χ1v) is 8.55. The lowest BCUT2D eigenvalue weighted by Crippen LogP contribution is -2.53. The summed E-state index contributed by atoms with van der Waals surface area (Å²) in [5, 5.41) is 0. The van der Waals surface area contributed by atoms with Crippen LogP contribution in [0.4, 0.5) is 0 Å². The molecule has 0 bridgehead atoms. The number of hydrogen-bond donors (Lipinski definition) is 1. The molecule has 0 aromatic carbocycles. The van der Waals surface area contributed by atoms with E-state index in [4.69, 9.17) is 18.0 Å². The van der Waals surface area contributed by atoms with Gasteiger partial charge in [-0.15, -0.1) is 0 Å². The molecule has 0 amide bonds. The number of thiocarbonyl (C=S) groups is 1. The predicted molar refractivity (Wildman–Crippen MR) is 78.6 cm³/mol. The number of piperazine rings is 1. The van der Waals surface area contributed by atoms with Crippen LogP contribution in [0.2, 0.25) is 0 Å². The molecule has 106 valence electrons. The molecule has 7 heteroatoms. The quantitative estimate of drug-likeness (QED) is 0.679. The standard InChI is InChI=1S/C11H23N3O2S2/c1-3-18(15,16)9-8-13-4-6-14(7-5-13)10(2)11(12)17/h10H,3-9H2,1-2H3,(H2,12,17). The van der Waals surface area contributed by atoms with E-state index in [0.717, 1.165) is 26.2 Å². The second-order valence-corrected chi connectivity index (χ2v) is 7.64. The highest BCUT2D eigenvalue weighted by Gasteiger charge is 2.22. The second kappa shape index (κ2) is 6.79. The first-order chi connectivity index (χ1) is 8.35. The third kappa shape index (κ3) is 4.79. The highest BCUT2D eigenvalue weighted by Crippen LogP contribution is 2.07. The van der Waals surface area contributed by atoms with Crippen molar-refractivity contribution in [2.24, 2.45) is 5.73 Å². The minimum atomic E-state index is -2.86. The molecule has 1 unspecified atom stereocenters. The van der Waals surface area contributed by atoms with Crippen molar-refractivity contribution in [3.8, 4) is 0 Å². The van der Waals surface area contributed by atoms with Crippen molar-refractivity contribution in [3.63, 3.8) is 0 Å². The zero-order valence-corrected chi connectivity index (χ0v) is 12.8. The van der Waals surface area contributed by atoms with Gasteiger partial charge in [0.25, 0.3) is 0 Å². The number of sulfone groups is 1. The van der Waals surface area contributed by atoms with Crippen LogP contribution in [0.15, 0.2) is 0 Å². The summed E-state index contributed by atoms with van der Waals surface area (Å²) in [6.07, 6.45) is 0. The number of nitrogens with two attached hydrogens (primary N) is 1. The van der Waals surface area contributed by atoms with Crippen LogP contribution in [0.3, 0.4) is 0 Å². The van der Waals surface area contributed by atoms with Crippen molar-refractivity contribution in [3.05, 3.63) is 0 Å². The van der Waals surface area contributed by atoms with Gasteiger partial charge in [-0.3, -0.25) is 9.80 Å². The third-order valence-corrected chi connectivity index (χ3v) is 5.55. The molecule has 0 radical (unpaired) electrons. The summed E-state index contributed by atoms with van der Waals surface area (Å²) in [6, 6.07) is 0.126. The van der Waals surface area contributed by atoms with E-state index in [1.54, 1.807) is 6.92 Å². The monoisotopic (exact) mass is 293 g/mol. The van der Waals surface area contributed by atoms with Gasteiger partial charge in [-0.25, -0.2) is 8.42 Å². The van der Waals surface area contributed by atoms with Crippen LogP contribution in [0.25, 0.3) is 0 Å². The van der Waals surface area contributed by atoms with Crippen molar-refractivity contribution in [2.45, 2.75) is 19.9 Å². The molecule has 1 fully saturated rings. The maximum absolute atomic E-state index is 11.4. The summed E-state index contributed by atoms with van der Waals surface area (Å²) in [5.41, 5.74) is 5.63. The summed E-state index contributed by atoms with van der Waals surface area (Å²) >= 11 is 4.99. The molecule has 1 rings (SSSR count). The average Bonchev–Trinajstić information content (AvgIpc) is 2.36. The topological polar surface area (TPSA) is 66.6 Å². The van der Waals surface area contributed by atoms with Crippen LogP contribution in [0, 0.1) is 0 Å². The average molecular weight is 293 g/mol. The van der Waals surface area contributed by atoms with E-state index < -0.39 is 9.84 Å². The summed E-state index contributed by atoms with van der Waals surface area (Å²) < 4.78 is 22.9. The van der Waals surface area contributed by atoms with Crippen LogP contribution in [0.5, 0.6) is 0 Å². The minimum absolute atomic E-state index is 0.126. The summed E-state index contributed by atoms with van der Waals surface area (Å²) in [7, 11) is -2.86. The molecular weight excluding hydrogens is 270 g/mol. The van der Waals surface area contributed by atoms with E-state index in [0.29, 0.717) is 11.5 Å². The predicted octanol–water partition coefficient (Wildman–Crippen LogP) is -0.287. The summed E-state index contributed by atoms with van der Waals surface area (Å²) in [6.45, 7) is 7.88. The van der Waals surface area contributed by atoms with Gasteiger partial charge in [0.1, 0.15) is 0 Å². The molecule has 5 nitrogen and oxygen atoms in total. The Kier molecular flexibility index (Phi) is 5.97. The second-order valence-electron chi connectivity index (χ2n) is 4.69. The fourth-order valence-corrected chi connectivity index (χ4v) is 2.94. The van der Waals surface area contributed by atoms with Gasteiger partial charge in [0.2, 0.25) is 0 Å². The first kappa shape index (κ1) is 15.8. The largest absolute Gasteiger partial charge is 0.392 e. The Morgan fingerprint density at radius 1 is 1.33 bits per heavy atom. The van der Waals surface area contributed by atoms with E-state index in [1.165, 1.54) is 0 Å². The Morgan fingerprint density at radius 3 is 2.33 bits per heavy atom. The van der Waals surface area contributed by atoms with Gasteiger partial charge >= 0.3 is 0 Å². The molecule has 1 atom stereocenters. The fraction of sp³-hybridized carbons (Fsp3) is 0.909. The molecule has 0 saturated carbocycles. The van der Waals surface area contributed by atoms with Crippen LogP contribution in [-0.2, 0) is 9.84 Å². The summed E-state index contributed by atoms with van der Waals surface area (Å²) in [5.74, 6) is 0.486. The number of rotatable bonds is 6. The zero-order valence-electron chi connectivity index (χ0n) is 11.1. The van der Waals surface area contributed by atoms with Gasteiger partial charge in [-0.05, 0) is 6.92 Å². The van der Waals surface area contributed by atoms with Crippen LogP contribution < -0.4 is 5.73 Å². The Hall–Kier alpha value is -0.240. The number of nitrogens with zero attached hydrogens (tertiary/aromatic N) is 2. The lowest BCUT2D eigenvalue weighted by atomic mass is 10.2. The molecule has 0 aromatic heterocycles. The minimum Gasteiger partial charge on any atom is -0.392 e. The van der Waals surface area contributed by atoms with Crippen molar-refractivity contribution >= 4 is 27.0 Å². The van der Waals surface area contributed by atoms with Gasteiger partial charge < -0.3 is 5.73 Å². The van der Waals surface area contributed by atoms with E-state index in [9.17, 15) is 8.42 Å². The lowest BCUT2D eigenvalue weighted by molar-refractivity contribution is 0.128. The van der Waals surface area contributed by atoms with Crippen LogP contribution in [0.1, 0.15) is 13.8 Å². The van der Waals surface area contributed by atoms with Crippen molar-refractivity contribution in [1.82, 2.24) is 9.80 Å². The Labute approximate surface area is 115 Å². The molecule has 1 aliphatic rings. The molecule has 1 aliphatic heterocycles. The Balaban J connectivity index is 2.34. The van der Waals surface area contributed by atoms with E-state index in [1.807, 2.05) is 6.92 Å². The first-order valence-electron chi connectivity index (χ1n) is 6.32. The van der Waals surface area contributed by atoms with E-state index >= 15 is 0 Å². The van der Waals surface area contributed by atoms with E-state index in [-0.39, 0.29) is 17.5 Å². The molecule has 0 aromatic rings. The van der Waals surface area contributed by atoms with Crippen molar-refractivity contribution in [2.75, 3.05) is 44.2 Å². The van der Waals surface area contributed by atoms with Gasteiger partial charge in [0.15, 0.2) is 9.84 Å². The zero-order chi connectivity index (χ0) is 13.8. The van der Waals surface area contributed by atoms with Crippen LogP contribution >= 0.6 is 12.2 Å². The normalized spacial score (nSPS) is 20.8. The maximum Gasteiger partial charge on any atom is 0.151 e. The lowest BCUT2D eigenvalue weighted by Gasteiger charge is -2.37.